The molecule has 0 radical (unpaired) electrons. The number of carbonyl (C=O) groups is 1. The number of rotatable bonds is 5. The molecular formula is C19H25N5O. The predicted octanol–water partition coefficient (Wildman–Crippen LogP) is 1.99. The lowest BCUT2D eigenvalue weighted by Crippen LogP contribution is -2.31. The Morgan fingerprint density at radius 1 is 1.20 bits per heavy atom. The van der Waals surface area contributed by atoms with Crippen LogP contribution in [0.1, 0.15) is 40.4 Å². The first kappa shape index (κ1) is 17.5. The van der Waals surface area contributed by atoms with E-state index >= 15 is 0 Å². The van der Waals surface area contributed by atoms with Gasteiger partial charge in [-0.1, -0.05) is 6.07 Å². The van der Waals surface area contributed by atoms with Crippen LogP contribution >= 0.6 is 0 Å². The Morgan fingerprint density at radius 2 is 1.92 bits per heavy atom. The van der Waals surface area contributed by atoms with Crippen molar-refractivity contribution in [3.8, 4) is 0 Å². The molecule has 1 aliphatic heterocycles. The third kappa shape index (κ3) is 5.06. The van der Waals surface area contributed by atoms with E-state index in [0.717, 1.165) is 36.6 Å². The van der Waals surface area contributed by atoms with Gasteiger partial charge in [0.2, 0.25) is 0 Å². The maximum atomic E-state index is 12.1. The number of aromatic nitrogens is 3. The number of carbonyl (C=O) groups excluding carboxylic acids is 1. The normalized spacial score (nSPS) is 15.9. The van der Waals surface area contributed by atoms with E-state index in [1.165, 1.54) is 12.8 Å². The molecule has 1 amide bonds. The highest BCUT2D eigenvalue weighted by Gasteiger charge is 2.17. The van der Waals surface area contributed by atoms with E-state index < -0.39 is 0 Å². The summed E-state index contributed by atoms with van der Waals surface area (Å²) < 4.78 is 0. The Kier molecular flexibility index (Phi) is 5.71. The second-order valence-electron chi connectivity index (χ2n) is 6.80. The zero-order valence-electron chi connectivity index (χ0n) is 14.9. The van der Waals surface area contributed by atoms with Gasteiger partial charge in [0.25, 0.3) is 5.91 Å². The van der Waals surface area contributed by atoms with Gasteiger partial charge in [0.05, 0.1) is 24.1 Å². The van der Waals surface area contributed by atoms with E-state index in [9.17, 15) is 4.79 Å². The summed E-state index contributed by atoms with van der Waals surface area (Å²) in [6.07, 6.45) is 7.03. The summed E-state index contributed by atoms with van der Waals surface area (Å²) in [5.74, 6) is 0.504. The Bertz CT molecular complexity index is 708. The van der Waals surface area contributed by atoms with Crippen LogP contribution in [0.25, 0.3) is 0 Å². The topological polar surface area (TPSA) is 71.0 Å². The number of nitrogens with one attached hydrogen (secondary N) is 1. The van der Waals surface area contributed by atoms with Crippen LogP contribution in [-0.2, 0) is 13.0 Å². The van der Waals surface area contributed by atoms with Crippen LogP contribution in [0.5, 0.6) is 0 Å². The fourth-order valence-electron chi connectivity index (χ4n) is 3.07. The molecule has 1 fully saturated rings. The van der Waals surface area contributed by atoms with E-state index in [-0.39, 0.29) is 5.91 Å². The molecular weight excluding hydrogens is 314 g/mol. The molecule has 0 aliphatic carbocycles. The van der Waals surface area contributed by atoms with E-state index in [1.54, 1.807) is 12.3 Å². The van der Waals surface area contributed by atoms with Crippen molar-refractivity contribution in [2.45, 2.75) is 32.7 Å². The number of amides is 1. The van der Waals surface area contributed by atoms with Crippen LogP contribution in [-0.4, -0.2) is 45.9 Å². The Morgan fingerprint density at radius 3 is 2.60 bits per heavy atom. The summed E-state index contributed by atoms with van der Waals surface area (Å²) in [5.41, 5.74) is 3.04. The Balaban J connectivity index is 1.50. The standard InChI is InChI=1S/C19H25N5O/c1-14-4-3-5-18(23-14)19(25)22-13-17-12-20-16(11-21-17)10-15-6-8-24(2)9-7-15/h3-5,11-12,15H,6-10,13H2,1-2H3,(H,22,25). The number of likely N-dealkylation sites (tertiary alicyclic amines) is 1. The number of pyridine rings is 1. The van der Waals surface area contributed by atoms with Crippen LogP contribution < -0.4 is 5.32 Å². The van der Waals surface area contributed by atoms with Crippen LogP contribution in [0.2, 0.25) is 0 Å². The second kappa shape index (κ2) is 8.16. The van der Waals surface area contributed by atoms with E-state index in [1.807, 2.05) is 25.3 Å². The first-order valence-corrected chi connectivity index (χ1v) is 8.80. The molecule has 1 saturated heterocycles. The average molecular weight is 339 g/mol. The number of hydrogen-bond acceptors (Lipinski definition) is 5. The van der Waals surface area contributed by atoms with E-state index in [0.29, 0.717) is 18.2 Å². The Hall–Kier alpha value is -2.34. The summed E-state index contributed by atoms with van der Waals surface area (Å²) >= 11 is 0. The number of aryl methyl sites for hydroxylation is 1. The first-order valence-electron chi connectivity index (χ1n) is 8.80. The molecule has 132 valence electrons. The number of nitrogens with zero attached hydrogens (tertiary/aromatic N) is 4. The van der Waals surface area contributed by atoms with Crippen LogP contribution in [0.15, 0.2) is 30.6 Å². The maximum absolute atomic E-state index is 12.1. The van der Waals surface area contributed by atoms with Crippen molar-refractivity contribution < 1.29 is 4.79 Å². The summed E-state index contributed by atoms with van der Waals surface area (Å²) in [5, 5.41) is 2.84. The van der Waals surface area contributed by atoms with Crippen molar-refractivity contribution in [1.82, 2.24) is 25.2 Å². The van der Waals surface area contributed by atoms with E-state index in [4.69, 9.17) is 0 Å². The van der Waals surface area contributed by atoms with Gasteiger partial charge in [-0.15, -0.1) is 0 Å². The van der Waals surface area contributed by atoms with Crippen molar-refractivity contribution in [2.24, 2.45) is 5.92 Å². The van der Waals surface area contributed by atoms with Gasteiger partial charge in [0, 0.05) is 11.9 Å². The molecule has 1 N–H and O–H groups in total. The minimum Gasteiger partial charge on any atom is -0.345 e. The van der Waals surface area contributed by atoms with Gasteiger partial charge in [-0.25, -0.2) is 4.98 Å². The van der Waals surface area contributed by atoms with Gasteiger partial charge in [-0.2, -0.15) is 0 Å². The largest absolute Gasteiger partial charge is 0.345 e. The fraction of sp³-hybridized carbons (Fsp3) is 0.474. The molecule has 0 saturated carbocycles. The van der Waals surface area contributed by atoms with Crippen molar-refractivity contribution >= 4 is 5.91 Å². The number of piperidine rings is 1. The highest BCUT2D eigenvalue weighted by atomic mass is 16.1. The van der Waals surface area contributed by atoms with Crippen LogP contribution in [0, 0.1) is 12.8 Å². The molecule has 0 bridgehead atoms. The average Bonchev–Trinajstić information content (AvgIpc) is 2.63. The minimum absolute atomic E-state index is 0.194. The zero-order chi connectivity index (χ0) is 17.6. The molecule has 6 nitrogen and oxygen atoms in total. The van der Waals surface area contributed by atoms with Gasteiger partial charge in [0.1, 0.15) is 5.69 Å². The van der Waals surface area contributed by atoms with Crippen molar-refractivity contribution in [3.05, 3.63) is 53.4 Å². The molecule has 2 aromatic heterocycles. The van der Waals surface area contributed by atoms with Gasteiger partial charge in [0.15, 0.2) is 0 Å². The monoisotopic (exact) mass is 339 g/mol. The SMILES string of the molecule is Cc1cccc(C(=O)NCc2cnc(CC3CCN(C)CC3)cn2)n1. The smallest absolute Gasteiger partial charge is 0.270 e. The summed E-state index contributed by atoms with van der Waals surface area (Å²) in [7, 11) is 2.17. The molecule has 3 rings (SSSR count). The Labute approximate surface area is 148 Å². The molecule has 1 aliphatic rings. The first-order chi connectivity index (χ1) is 12.1. The third-order valence-corrected chi connectivity index (χ3v) is 4.65. The molecule has 3 heterocycles. The maximum Gasteiger partial charge on any atom is 0.270 e. The molecule has 0 atom stereocenters. The molecule has 6 heteroatoms. The van der Waals surface area contributed by atoms with E-state index in [2.05, 4.69) is 32.2 Å². The molecule has 25 heavy (non-hydrogen) atoms. The van der Waals surface area contributed by atoms with Crippen LogP contribution in [0.3, 0.4) is 0 Å². The van der Waals surface area contributed by atoms with Crippen molar-refractivity contribution in [1.29, 1.82) is 0 Å². The summed E-state index contributed by atoms with van der Waals surface area (Å²) in [6.45, 7) is 4.55. The third-order valence-electron chi connectivity index (χ3n) is 4.65. The lowest BCUT2D eigenvalue weighted by molar-refractivity contribution is 0.0945. The van der Waals surface area contributed by atoms with Gasteiger partial charge in [-0.3, -0.25) is 14.8 Å². The molecule has 0 spiro atoms. The van der Waals surface area contributed by atoms with Gasteiger partial charge >= 0.3 is 0 Å². The minimum atomic E-state index is -0.194. The fourth-order valence-corrected chi connectivity index (χ4v) is 3.07. The highest BCUT2D eigenvalue weighted by Crippen LogP contribution is 2.19. The lowest BCUT2D eigenvalue weighted by atomic mass is 9.92. The summed E-state index contributed by atoms with van der Waals surface area (Å²) in [6, 6.07) is 5.40. The lowest BCUT2D eigenvalue weighted by Gasteiger charge is -2.28. The van der Waals surface area contributed by atoms with Crippen LogP contribution in [0.4, 0.5) is 0 Å². The zero-order valence-corrected chi connectivity index (χ0v) is 14.9. The van der Waals surface area contributed by atoms with Crippen molar-refractivity contribution in [3.63, 3.8) is 0 Å². The van der Waals surface area contributed by atoms with Gasteiger partial charge < -0.3 is 10.2 Å². The molecule has 0 unspecified atom stereocenters. The van der Waals surface area contributed by atoms with Gasteiger partial charge in [-0.05, 0) is 64.4 Å². The highest BCUT2D eigenvalue weighted by molar-refractivity contribution is 5.92. The second-order valence-corrected chi connectivity index (χ2v) is 6.80. The molecule has 0 aromatic carbocycles. The predicted molar refractivity (Wildman–Crippen MR) is 96.1 cm³/mol. The molecule has 2 aromatic rings. The quantitative estimate of drug-likeness (QED) is 0.902. The van der Waals surface area contributed by atoms with Crippen molar-refractivity contribution in [2.75, 3.05) is 20.1 Å². The summed E-state index contributed by atoms with van der Waals surface area (Å²) in [4.78, 5) is 27.6. The number of hydrogen-bond donors (Lipinski definition) is 1.